The van der Waals surface area contributed by atoms with Crippen molar-refractivity contribution in [2.45, 2.75) is 6.54 Å². The van der Waals surface area contributed by atoms with Crippen LogP contribution in [0.4, 0.5) is 0 Å². The maximum atomic E-state index is 12.1. The van der Waals surface area contributed by atoms with E-state index >= 15 is 0 Å². The first-order valence-corrected chi connectivity index (χ1v) is 7.66. The highest BCUT2D eigenvalue weighted by Gasteiger charge is 2.14. The lowest BCUT2D eigenvalue weighted by Crippen LogP contribution is -2.27. The molecule has 0 atom stereocenters. The standard InChI is InChI=1S/C13H11N3O2S2/c1-16(13(18)9-3-2-5-19-9)7-10-14-8-4-6-20-11(8)12(17)15-10/h2-6H,7H2,1H3,(H,14,15,17). The predicted octanol–water partition coefficient (Wildman–Crippen LogP) is 2.32. The Morgan fingerprint density at radius 1 is 1.35 bits per heavy atom. The molecule has 7 heteroatoms. The zero-order valence-electron chi connectivity index (χ0n) is 10.6. The predicted molar refractivity (Wildman–Crippen MR) is 80.4 cm³/mol. The van der Waals surface area contributed by atoms with E-state index in [0.29, 0.717) is 20.9 Å². The molecule has 0 spiro atoms. The molecule has 0 fully saturated rings. The van der Waals surface area contributed by atoms with Gasteiger partial charge in [-0.3, -0.25) is 9.59 Å². The smallest absolute Gasteiger partial charge is 0.268 e. The Morgan fingerprint density at radius 2 is 2.20 bits per heavy atom. The van der Waals surface area contributed by atoms with Gasteiger partial charge in [-0.15, -0.1) is 22.7 Å². The highest BCUT2D eigenvalue weighted by molar-refractivity contribution is 7.17. The van der Waals surface area contributed by atoms with Gasteiger partial charge in [0.2, 0.25) is 0 Å². The van der Waals surface area contributed by atoms with Gasteiger partial charge >= 0.3 is 0 Å². The van der Waals surface area contributed by atoms with E-state index < -0.39 is 0 Å². The van der Waals surface area contributed by atoms with E-state index in [1.54, 1.807) is 24.1 Å². The molecule has 0 aromatic carbocycles. The minimum Gasteiger partial charge on any atom is -0.334 e. The molecule has 3 aromatic rings. The summed E-state index contributed by atoms with van der Waals surface area (Å²) in [6.07, 6.45) is 0. The monoisotopic (exact) mass is 305 g/mol. The number of thiophene rings is 2. The third-order valence-corrected chi connectivity index (χ3v) is 4.59. The molecule has 20 heavy (non-hydrogen) atoms. The third kappa shape index (κ3) is 2.37. The molecule has 1 N–H and O–H groups in total. The number of aromatic amines is 1. The number of fused-ring (bicyclic) bond motifs is 1. The van der Waals surface area contributed by atoms with Crippen molar-refractivity contribution in [2.75, 3.05) is 7.05 Å². The summed E-state index contributed by atoms with van der Waals surface area (Å²) in [5.74, 6) is 0.418. The molecule has 0 radical (unpaired) electrons. The number of carbonyl (C=O) groups excluding carboxylic acids is 1. The van der Waals surface area contributed by atoms with Crippen LogP contribution in [0.5, 0.6) is 0 Å². The number of amides is 1. The van der Waals surface area contributed by atoms with Gasteiger partial charge in [0, 0.05) is 7.05 Å². The van der Waals surface area contributed by atoms with Crippen LogP contribution in [-0.2, 0) is 6.54 Å². The number of nitrogens with one attached hydrogen (secondary N) is 1. The van der Waals surface area contributed by atoms with Gasteiger partial charge in [0.05, 0.1) is 16.9 Å². The molecule has 3 heterocycles. The van der Waals surface area contributed by atoms with Gasteiger partial charge < -0.3 is 9.88 Å². The van der Waals surface area contributed by atoms with Gasteiger partial charge in [-0.25, -0.2) is 4.98 Å². The van der Waals surface area contributed by atoms with Crippen LogP contribution >= 0.6 is 22.7 Å². The van der Waals surface area contributed by atoms with E-state index in [1.165, 1.54) is 22.7 Å². The van der Waals surface area contributed by atoms with Crippen molar-refractivity contribution < 1.29 is 4.79 Å². The Kier molecular flexibility index (Phi) is 3.37. The maximum Gasteiger partial charge on any atom is 0.268 e. The van der Waals surface area contributed by atoms with Crippen molar-refractivity contribution in [2.24, 2.45) is 0 Å². The molecular formula is C13H11N3O2S2. The number of nitrogens with zero attached hydrogens (tertiary/aromatic N) is 2. The molecule has 3 aromatic heterocycles. The quantitative estimate of drug-likeness (QED) is 0.807. The van der Waals surface area contributed by atoms with Gasteiger partial charge in [-0.05, 0) is 22.9 Å². The second-order valence-corrected chi connectivity index (χ2v) is 6.15. The highest BCUT2D eigenvalue weighted by Crippen LogP contribution is 2.15. The van der Waals surface area contributed by atoms with E-state index in [4.69, 9.17) is 0 Å². The van der Waals surface area contributed by atoms with Crippen LogP contribution in [0.3, 0.4) is 0 Å². The lowest BCUT2D eigenvalue weighted by Gasteiger charge is -2.15. The van der Waals surface area contributed by atoms with Gasteiger partial charge in [0.25, 0.3) is 11.5 Å². The average Bonchev–Trinajstić information content (AvgIpc) is 3.08. The molecule has 3 rings (SSSR count). The molecule has 0 unspecified atom stereocenters. The lowest BCUT2D eigenvalue weighted by atomic mass is 10.4. The summed E-state index contributed by atoms with van der Waals surface area (Å²) in [5, 5.41) is 3.69. The molecular weight excluding hydrogens is 294 g/mol. The van der Waals surface area contributed by atoms with Crippen molar-refractivity contribution in [3.8, 4) is 0 Å². The summed E-state index contributed by atoms with van der Waals surface area (Å²) in [7, 11) is 1.69. The van der Waals surface area contributed by atoms with E-state index in [-0.39, 0.29) is 18.0 Å². The minimum absolute atomic E-state index is 0.0759. The Morgan fingerprint density at radius 3 is 2.95 bits per heavy atom. The summed E-state index contributed by atoms with van der Waals surface area (Å²) in [4.78, 5) is 33.3. The molecule has 5 nitrogen and oxygen atoms in total. The number of hydrogen-bond acceptors (Lipinski definition) is 5. The van der Waals surface area contributed by atoms with Crippen LogP contribution in [0.15, 0.2) is 33.8 Å². The highest BCUT2D eigenvalue weighted by atomic mass is 32.1. The second kappa shape index (κ2) is 5.18. The van der Waals surface area contributed by atoms with Gasteiger partial charge in [0.15, 0.2) is 0 Å². The zero-order chi connectivity index (χ0) is 14.1. The van der Waals surface area contributed by atoms with Crippen molar-refractivity contribution in [1.82, 2.24) is 14.9 Å². The van der Waals surface area contributed by atoms with Crippen molar-refractivity contribution >= 4 is 38.8 Å². The molecule has 0 bridgehead atoms. The molecule has 0 saturated carbocycles. The Bertz CT molecular complexity index is 805. The maximum absolute atomic E-state index is 12.1. The fourth-order valence-corrected chi connectivity index (χ4v) is 3.32. The summed E-state index contributed by atoms with van der Waals surface area (Å²) in [6, 6.07) is 5.42. The number of rotatable bonds is 3. The minimum atomic E-state index is -0.156. The number of H-pyrrole nitrogens is 1. The van der Waals surface area contributed by atoms with Crippen LogP contribution in [0.25, 0.3) is 10.2 Å². The second-order valence-electron chi connectivity index (χ2n) is 4.29. The molecule has 102 valence electrons. The number of carbonyl (C=O) groups is 1. The summed E-state index contributed by atoms with van der Waals surface area (Å²) in [6.45, 7) is 0.276. The van der Waals surface area contributed by atoms with Crippen LogP contribution in [0, 0.1) is 0 Å². The fraction of sp³-hybridized carbons (Fsp3) is 0.154. The van der Waals surface area contributed by atoms with Crippen LogP contribution < -0.4 is 5.56 Å². The van der Waals surface area contributed by atoms with Gasteiger partial charge in [-0.1, -0.05) is 6.07 Å². The van der Waals surface area contributed by atoms with Crippen LogP contribution in [-0.4, -0.2) is 27.8 Å². The largest absolute Gasteiger partial charge is 0.334 e. The zero-order valence-corrected chi connectivity index (χ0v) is 12.3. The average molecular weight is 305 g/mol. The molecule has 0 aliphatic carbocycles. The van der Waals surface area contributed by atoms with Crippen LogP contribution in [0.2, 0.25) is 0 Å². The summed E-state index contributed by atoms with van der Waals surface area (Å²) in [5.41, 5.74) is 0.516. The normalized spacial score (nSPS) is 10.8. The Balaban J connectivity index is 1.85. The molecule has 1 amide bonds. The van der Waals surface area contributed by atoms with E-state index in [9.17, 15) is 9.59 Å². The lowest BCUT2D eigenvalue weighted by molar-refractivity contribution is 0.0786. The molecule has 0 aliphatic heterocycles. The van der Waals surface area contributed by atoms with Crippen molar-refractivity contribution in [1.29, 1.82) is 0 Å². The van der Waals surface area contributed by atoms with E-state index in [0.717, 1.165) is 0 Å². The summed E-state index contributed by atoms with van der Waals surface area (Å²) < 4.78 is 0.612. The molecule has 0 aliphatic rings. The van der Waals surface area contributed by atoms with E-state index in [2.05, 4.69) is 9.97 Å². The van der Waals surface area contributed by atoms with E-state index in [1.807, 2.05) is 16.8 Å². The first-order valence-electron chi connectivity index (χ1n) is 5.90. The van der Waals surface area contributed by atoms with Gasteiger partial charge in [0.1, 0.15) is 10.5 Å². The van der Waals surface area contributed by atoms with Crippen molar-refractivity contribution in [3.05, 3.63) is 50.0 Å². The van der Waals surface area contributed by atoms with Crippen LogP contribution in [0.1, 0.15) is 15.5 Å². The van der Waals surface area contributed by atoms with Gasteiger partial charge in [-0.2, -0.15) is 0 Å². The molecule has 0 saturated heterocycles. The summed E-state index contributed by atoms with van der Waals surface area (Å²) >= 11 is 2.76. The third-order valence-electron chi connectivity index (χ3n) is 2.83. The first kappa shape index (κ1) is 13.0. The fourth-order valence-electron chi connectivity index (χ4n) is 1.88. The topological polar surface area (TPSA) is 66.1 Å². The number of aromatic nitrogens is 2. The SMILES string of the molecule is CN(Cc1nc2ccsc2c(=O)[nH]1)C(=O)c1cccs1. The van der Waals surface area contributed by atoms with Crippen molar-refractivity contribution in [3.63, 3.8) is 0 Å². The Hall–Kier alpha value is -1.99. The first-order chi connectivity index (χ1) is 9.65. The number of hydrogen-bond donors (Lipinski definition) is 1. The Labute approximate surface area is 122 Å².